The van der Waals surface area contributed by atoms with Gasteiger partial charge in [0.05, 0.1) is 0 Å². The first-order valence-electron chi connectivity index (χ1n) is 4.29. The topological polar surface area (TPSA) is 0 Å². The van der Waals surface area contributed by atoms with Crippen LogP contribution in [0.15, 0.2) is 23.8 Å². The van der Waals surface area contributed by atoms with Crippen molar-refractivity contribution in [1.82, 2.24) is 0 Å². The van der Waals surface area contributed by atoms with Crippen molar-refractivity contribution >= 4 is 11.8 Å². The van der Waals surface area contributed by atoms with Gasteiger partial charge in [-0.2, -0.15) is 0 Å². The third-order valence-corrected chi connectivity index (χ3v) is 2.27. The van der Waals surface area contributed by atoms with Gasteiger partial charge in [-0.25, -0.2) is 0 Å². The second-order valence-electron chi connectivity index (χ2n) is 3.35. The summed E-state index contributed by atoms with van der Waals surface area (Å²) in [5.74, 6) is 0. The zero-order valence-electron chi connectivity index (χ0n) is 7.52. The summed E-state index contributed by atoms with van der Waals surface area (Å²) in [5.41, 5.74) is 6.07. The maximum atomic E-state index is 3.41. The highest BCUT2D eigenvalue weighted by atomic mass is 14.0. The first-order valence-corrected chi connectivity index (χ1v) is 4.29. The van der Waals surface area contributed by atoms with E-state index in [1.807, 2.05) is 0 Å². The summed E-state index contributed by atoms with van der Waals surface area (Å²) in [6.07, 6.45) is 3.32. The normalized spacial score (nSPS) is 14.0. The predicted octanol–water partition coefficient (Wildman–Crippen LogP) is 1.50. The molecule has 60 valence electrons. The minimum absolute atomic E-state index is 1.05. The van der Waals surface area contributed by atoms with Crippen LogP contribution in [-0.4, -0.2) is 0 Å². The van der Waals surface area contributed by atoms with E-state index in [1.165, 1.54) is 21.6 Å². The SMILES string of the molecule is CC1=C=c2c(C)cccc2=CC1. The van der Waals surface area contributed by atoms with Gasteiger partial charge in [0.15, 0.2) is 0 Å². The fourth-order valence-electron chi connectivity index (χ4n) is 1.56. The first-order chi connectivity index (χ1) is 5.77. The van der Waals surface area contributed by atoms with Crippen LogP contribution in [0.1, 0.15) is 18.9 Å². The Bertz CT molecular complexity index is 457. The summed E-state index contributed by atoms with van der Waals surface area (Å²) < 4.78 is 0. The maximum Gasteiger partial charge on any atom is 0.0262 e. The highest BCUT2D eigenvalue weighted by molar-refractivity contribution is 5.44. The molecular weight excluding hydrogens is 144 g/mol. The minimum Gasteiger partial charge on any atom is -0.113 e. The lowest BCUT2D eigenvalue weighted by molar-refractivity contribution is 1.24. The van der Waals surface area contributed by atoms with E-state index >= 15 is 0 Å². The van der Waals surface area contributed by atoms with Gasteiger partial charge in [-0.3, -0.25) is 0 Å². The Morgan fingerprint density at radius 3 is 2.92 bits per heavy atom. The van der Waals surface area contributed by atoms with Gasteiger partial charge in [-0.15, -0.1) is 5.73 Å². The van der Waals surface area contributed by atoms with E-state index in [0.717, 1.165) is 6.42 Å². The fourth-order valence-corrected chi connectivity index (χ4v) is 1.56. The molecule has 12 heavy (non-hydrogen) atoms. The molecule has 0 unspecified atom stereocenters. The molecule has 0 bridgehead atoms. The number of hydrogen-bond donors (Lipinski definition) is 0. The van der Waals surface area contributed by atoms with Crippen molar-refractivity contribution in [3.05, 3.63) is 39.8 Å². The van der Waals surface area contributed by atoms with E-state index in [9.17, 15) is 0 Å². The first kappa shape index (κ1) is 7.39. The largest absolute Gasteiger partial charge is 0.113 e. The van der Waals surface area contributed by atoms with Crippen molar-refractivity contribution in [2.45, 2.75) is 20.3 Å². The van der Waals surface area contributed by atoms with Gasteiger partial charge in [-0.05, 0) is 36.6 Å². The third-order valence-electron chi connectivity index (χ3n) is 2.27. The van der Waals surface area contributed by atoms with Crippen LogP contribution in [0.5, 0.6) is 0 Å². The lowest BCUT2D eigenvalue weighted by atomic mass is 10.0. The molecule has 0 aromatic heterocycles. The van der Waals surface area contributed by atoms with E-state index < -0.39 is 0 Å². The molecule has 0 saturated heterocycles. The number of hydrogen-bond acceptors (Lipinski definition) is 0. The van der Waals surface area contributed by atoms with Crippen molar-refractivity contribution in [3.8, 4) is 0 Å². The van der Waals surface area contributed by atoms with E-state index in [0.29, 0.717) is 0 Å². The van der Waals surface area contributed by atoms with Gasteiger partial charge < -0.3 is 0 Å². The monoisotopic (exact) mass is 156 g/mol. The zero-order valence-corrected chi connectivity index (χ0v) is 7.52. The Morgan fingerprint density at radius 2 is 2.08 bits per heavy atom. The summed E-state index contributed by atoms with van der Waals surface area (Å²) in [6, 6.07) is 6.40. The van der Waals surface area contributed by atoms with Gasteiger partial charge in [0.25, 0.3) is 0 Å². The number of rotatable bonds is 0. The Hall–Kier alpha value is -1.26. The quantitative estimate of drug-likeness (QED) is 0.534. The molecular formula is C12H12. The summed E-state index contributed by atoms with van der Waals surface area (Å²) in [6.45, 7) is 4.27. The van der Waals surface area contributed by atoms with Crippen LogP contribution in [0, 0.1) is 6.92 Å². The third kappa shape index (κ3) is 1.11. The Labute approximate surface area is 72.5 Å². The van der Waals surface area contributed by atoms with Crippen LogP contribution in [0.25, 0.3) is 11.8 Å². The van der Waals surface area contributed by atoms with Crippen molar-refractivity contribution in [2.24, 2.45) is 0 Å². The minimum atomic E-state index is 1.05. The molecule has 1 aliphatic rings. The molecule has 0 fully saturated rings. The van der Waals surface area contributed by atoms with Gasteiger partial charge in [0.1, 0.15) is 0 Å². The molecule has 0 radical (unpaired) electrons. The molecule has 1 aromatic carbocycles. The lowest BCUT2D eigenvalue weighted by Crippen LogP contribution is -2.27. The smallest absolute Gasteiger partial charge is 0.0262 e. The number of benzene rings is 1. The average Bonchev–Trinajstić information content (AvgIpc) is 2.07. The molecule has 0 N–H and O–H groups in total. The average molecular weight is 156 g/mol. The lowest BCUT2D eigenvalue weighted by Gasteiger charge is -2.00. The summed E-state index contributed by atoms with van der Waals surface area (Å²) in [5, 5.41) is 2.61. The van der Waals surface area contributed by atoms with Crippen molar-refractivity contribution in [3.63, 3.8) is 0 Å². The second kappa shape index (κ2) is 2.66. The number of aryl methyl sites for hydroxylation is 1. The van der Waals surface area contributed by atoms with E-state index in [4.69, 9.17) is 0 Å². The van der Waals surface area contributed by atoms with Crippen LogP contribution in [-0.2, 0) is 0 Å². The van der Waals surface area contributed by atoms with E-state index in [2.05, 4.69) is 43.9 Å². The van der Waals surface area contributed by atoms with Gasteiger partial charge in [0, 0.05) is 5.22 Å². The van der Waals surface area contributed by atoms with Gasteiger partial charge in [0.2, 0.25) is 0 Å². The van der Waals surface area contributed by atoms with E-state index in [1.54, 1.807) is 0 Å². The van der Waals surface area contributed by atoms with Crippen molar-refractivity contribution in [1.29, 1.82) is 0 Å². The molecule has 2 rings (SSSR count). The van der Waals surface area contributed by atoms with Crippen molar-refractivity contribution in [2.75, 3.05) is 0 Å². The molecule has 1 aliphatic carbocycles. The Morgan fingerprint density at radius 1 is 1.25 bits per heavy atom. The summed E-state index contributed by atoms with van der Waals surface area (Å²) in [4.78, 5) is 0. The molecule has 0 nitrogen and oxygen atoms in total. The van der Waals surface area contributed by atoms with Crippen LogP contribution in [0.4, 0.5) is 0 Å². The second-order valence-corrected chi connectivity index (χ2v) is 3.35. The predicted molar refractivity (Wildman–Crippen MR) is 52.1 cm³/mol. The van der Waals surface area contributed by atoms with Crippen molar-refractivity contribution < 1.29 is 0 Å². The maximum absolute atomic E-state index is 3.41. The summed E-state index contributed by atoms with van der Waals surface area (Å²) >= 11 is 0. The van der Waals surface area contributed by atoms with E-state index in [-0.39, 0.29) is 0 Å². The van der Waals surface area contributed by atoms with Crippen LogP contribution in [0.3, 0.4) is 0 Å². The van der Waals surface area contributed by atoms with Gasteiger partial charge >= 0.3 is 0 Å². The Balaban J connectivity index is 3.01. The highest BCUT2D eigenvalue weighted by Gasteiger charge is 1.95. The highest BCUT2D eigenvalue weighted by Crippen LogP contribution is 2.00. The molecule has 0 aliphatic heterocycles. The molecule has 0 spiro atoms. The molecule has 0 amide bonds. The molecule has 0 heteroatoms. The number of allylic oxidation sites excluding steroid dienone is 1. The molecule has 0 atom stereocenters. The molecule has 1 aromatic rings. The van der Waals surface area contributed by atoms with Crippen LogP contribution < -0.4 is 10.4 Å². The number of fused-ring (bicyclic) bond motifs is 1. The van der Waals surface area contributed by atoms with Crippen LogP contribution in [0.2, 0.25) is 0 Å². The molecule has 0 saturated carbocycles. The van der Waals surface area contributed by atoms with Crippen LogP contribution >= 0.6 is 0 Å². The summed E-state index contributed by atoms with van der Waals surface area (Å²) in [7, 11) is 0. The van der Waals surface area contributed by atoms with Gasteiger partial charge in [-0.1, -0.05) is 24.3 Å². The molecule has 0 heterocycles. The Kier molecular flexibility index (Phi) is 1.64. The standard InChI is InChI=1S/C12H12/c1-9-6-7-11-5-3-4-10(2)12(11)8-9/h3-5,7H,6H2,1-2H3. The zero-order chi connectivity index (χ0) is 8.55. The fraction of sp³-hybridized carbons (Fsp3) is 0.250.